The van der Waals surface area contributed by atoms with Gasteiger partial charge >= 0.3 is 0 Å². The highest BCUT2D eigenvalue weighted by atomic mass is 32.2. The third kappa shape index (κ3) is 2.55. The van der Waals surface area contributed by atoms with Crippen molar-refractivity contribution in [1.29, 1.82) is 0 Å². The second kappa shape index (κ2) is 6.04. The van der Waals surface area contributed by atoms with Gasteiger partial charge in [-0.15, -0.1) is 0 Å². The van der Waals surface area contributed by atoms with E-state index in [0.717, 1.165) is 31.0 Å². The predicted octanol–water partition coefficient (Wildman–Crippen LogP) is 1.89. The van der Waals surface area contributed by atoms with Crippen LogP contribution in [0, 0.1) is 0 Å². The fourth-order valence-corrected chi connectivity index (χ4v) is 2.99. The van der Waals surface area contributed by atoms with Gasteiger partial charge in [-0.3, -0.25) is 0 Å². The number of thioether (sulfide) groups is 1. The summed E-state index contributed by atoms with van der Waals surface area (Å²) in [5.41, 5.74) is 5.70. The molecule has 18 heavy (non-hydrogen) atoms. The highest BCUT2D eigenvalue weighted by molar-refractivity contribution is 7.99. The van der Waals surface area contributed by atoms with Gasteiger partial charge < -0.3 is 15.0 Å². The van der Waals surface area contributed by atoms with Crippen molar-refractivity contribution in [3.8, 4) is 0 Å². The molecule has 0 radical (unpaired) electrons. The first-order valence-corrected chi connectivity index (χ1v) is 7.64. The molecular weight excluding hydrogens is 250 g/mol. The van der Waals surface area contributed by atoms with Crippen LogP contribution in [0.5, 0.6) is 0 Å². The maximum absolute atomic E-state index is 5.89. The Labute approximate surface area is 112 Å². The minimum atomic E-state index is -0.187. The molecule has 0 spiro atoms. The maximum atomic E-state index is 5.89. The molecule has 1 unspecified atom stereocenters. The molecule has 2 N–H and O–H groups in total. The number of aromatic nitrogens is 2. The van der Waals surface area contributed by atoms with E-state index < -0.39 is 0 Å². The first-order valence-electron chi connectivity index (χ1n) is 6.49. The third-order valence-electron chi connectivity index (χ3n) is 3.74. The van der Waals surface area contributed by atoms with Gasteiger partial charge in [-0.1, -0.05) is 19.0 Å². The van der Waals surface area contributed by atoms with Crippen LogP contribution in [-0.2, 0) is 10.2 Å². The molecule has 1 aromatic rings. The van der Waals surface area contributed by atoms with E-state index in [2.05, 4.69) is 24.0 Å². The van der Waals surface area contributed by atoms with Gasteiger partial charge in [0.05, 0.1) is 12.0 Å². The predicted molar refractivity (Wildman–Crippen MR) is 71.6 cm³/mol. The Hall–Kier alpha value is -0.590. The van der Waals surface area contributed by atoms with Crippen LogP contribution in [0.2, 0.25) is 0 Å². The molecule has 0 amide bonds. The van der Waals surface area contributed by atoms with Crippen molar-refractivity contribution >= 4 is 11.8 Å². The molecule has 2 rings (SSSR count). The van der Waals surface area contributed by atoms with E-state index in [1.54, 1.807) is 0 Å². The van der Waals surface area contributed by atoms with Gasteiger partial charge in [0.25, 0.3) is 0 Å². The van der Waals surface area contributed by atoms with Gasteiger partial charge in [0.2, 0.25) is 11.7 Å². The average Bonchev–Trinajstić information content (AvgIpc) is 2.93. The Morgan fingerprint density at radius 3 is 2.78 bits per heavy atom. The van der Waals surface area contributed by atoms with Crippen LogP contribution >= 0.6 is 11.8 Å². The van der Waals surface area contributed by atoms with Crippen molar-refractivity contribution in [2.45, 2.75) is 38.2 Å². The van der Waals surface area contributed by atoms with Gasteiger partial charge in [0.1, 0.15) is 6.10 Å². The lowest BCUT2D eigenvalue weighted by atomic mass is 9.82. The number of hydrogen-bond acceptors (Lipinski definition) is 6. The van der Waals surface area contributed by atoms with Crippen LogP contribution in [0.25, 0.3) is 0 Å². The van der Waals surface area contributed by atoms with Crippen LogP contribution in [0.1, 0.15) is 44.5 Å². The molecule has 1 saturated heterocycles. The maximum Gasteiger partial charge on any atom is 0.234 e. The first-order chi connectivity index (χ1) is 8.75. The number of nitrogens with two attached hydrogens (primary N) is 1. The highest BCUT2D eigenvalue weighted by Gasteiger charge is 2.34. The van der Waals surface area contributed by atoms with Crippen LogP contribution in [0.15, 0.2) is 4.52 Å². The number of ether oxygens (including phenoxy) is 1. The quantitative estimate of drug-likeness (QED) is 0.881. The summed E-state index contributed by atoms with van der Waals surface area (Å²) in [6, 6.07) is 0. The molecule has 0 bridgehead atoms. The summed E-state index contributed by atoms with van der Waals surface area (Å²) in [5.74, 6) is 3.26. The van der Waals surface area contributed by atoms with Crippen LogP contribution in [0.4, 0.5) is 0 Å². The lowest BCUT2D eigenvalue weighted by molar-refractivity contribution is 0.0677. The van der Waals surface area contributed by atoms with Gasteiger partial charge in [0, 0.05) is 18.1 Å². The zero-order chi connectivity index (χ0) is 13.0. The monoisotopic (exact) mass is 271 g/mol. The molecule has 1 fully saturated rings. The summed E-state index contributed by atoms with van der Waals surface area (Å²) in [6.45, 7) is 5.49. The summed E-state index contributed by atoms with van der Waals surface area (Å²) >= 11 is 1.86. The second-order valence-corrected chi connectivity index (χ2v) is 5.73. The summed E-state index contributed by atoms with van der Waals surface area (Å²) < 4.78 is 11.1. The molecule has 0 aliphatic carbocycles. The summed E-state index contributed by atoms with van der Waals surface area (Å²) in [4.78, 5) is 4.52. The van der Waals surface area contributed by atoms with Gasteiger partial charge in [-0.25, -0.2) is 0 Å². The molecule has 1 aliphatic rings. The van der Waals surface area contributed by atoms with E-state index in [1.165, 1.54) is 0 Å². The molecule has 2 heterocycles. The fourth-order valence-electron chi connectivity index (χ4n) is 2.15. The smallest absolute Gasteiger partial charge is 0.234 e. The van der Waals surface area contributed by atoms with Crippen LogP contribution in [0.3, 0.4) is 0 Å². The SMILES string of the molecule is CCC(CC)(CN)c1nc(C2CSCCO2)no1. The Morgan fingerprint density at radius 1 is 1.44 bits per heavy atom. The second-order valence-electron chi connectivity index (χ2n) is 4.58. The van der Waals surface area contributed by atoms with Gasteiger partial charge in [-0.2, -0.15) is 16.7 Å². The summed E-state index contributed by atoms with van der Waals surface area (Å²) in [7, 11) is 0. The van der Waals surface area contributed by atoms with Crippen molar-refractivity contribution in [2.24, 2.45) is 5.73 Å². The minimum Gasteiger partial charge on any atom is -0.368 e. The van der Waals surface area contributed by atoms with Crippen molar-refractivity contribution in [3.63, 3.8) is 0 Å². The van der Waals surface area contributed by atoms with E-state index in [9.17, 15) is 0 Å². The molecule has 0 saturated carbocycles. The molecule has 1 atom stereocenters. The topological polar surface area (TPSA) is 74.2 Å². The van der Waals surface area contributed by atoms with Crippen molar-refractivity contribution in [3.05, 3.63) is 11.7 Å². The Bertz CT molecular complexity index is 365. The van der Waals surface area contributed by atoms with Crippen molar-refractivity contribution in [2.75, 3.05) is 24.7 Å². The molecule has 5 nitrogen and oxygen atoms in total. The lowest BCUT2D eigenvalue weighted by Crippen LogP contribution is -2.34. The van der Waals surface area contributed by atoms with Gasteiger partial charge in [-0.05, 0) is 12.8 Å². The van der Waals surface area contributed by atoms with E-state index in [4.69, 9.17) is 15.0 Å². The molecule has 0 aromatic carbocycles. The zero-order valence-electron chi connectivity index (χ0n) is 11.0. The Morgan fingerprint density at radius 2 is 2.22 bits per heavy atom. The highest BCUT2D eigenvalue weighted by Crippen LogP contribution is 2.31. The van der Waals surface area contributed by atoms with E-state index in [1.807, 2.05) is 11.8 Å². The number of nitrogens with zero attached hydrogens (tertiary/aromatic N) is 2. The van der Waals surface area contributed by atoms with Crippen LogP contribution < -0.4 is 5.73 Å². The standard InChI is InChI=1S/C12H21N3O2S/c1-3-12(4-2,8-13)11-14-10(15-17-11)9-7-18-6-5-16-9/h9H,3-8,13H2,1-2H3. The number of hydrogen-bond donors (Lipinski definition) is 1. The Balaban J connectivity index is 2.18. The third-order valence-corrected chi connectivity index (χ3v) is 4.74. The average molecular weight is 271 g/mol. The summed E-state index contributed by atoms with van der Waals surface area (Å²) in [6.07, 6.45) is 1.77. The normalized spacial score (nSPS) is 21.2. The van der Waals surface area contributed by atoms with E-state index in [0.29, 0.717) is 18.3 Å². The molecular formula is C12H21N3O2S. The number of rotatable bonds is 5. The van der Waals surface area contributed by atoms with Crippen molar-refractivity contribution < 1.29 is 9.26 Å². The van der Waals surface area contributed by atoms with Gasteiger partial charge in [0.15, 0.2) is 0 Å². The molecule has 102 valence electrons. The van der Waals surface area contributed by atoms with Crippen LogP contribution in [-0.4, -0.2) is 34.8 Å². The molecule has 6 heteroatoms. The lowest BCUT2D eigenvalue weighted by Gasteiger charge is -2.25. The van der Waals surface area contributed by atoms with Crippen molar-refractivity contribution in [1.82, 2.24) is 10.1 Å². The van der Waals surface area contributed by atoms with E-state index in [-0.39, 0.29) is 11.5 Å². The van der Waals surface area contributed by atoms with E-state index >= 15 is 0 Å². The zero-order valence-corrected chi connectivity index (χ0v) is 11.8. The summed E-state index contributed by atoms with van der Waals surface area (Å²) in [5, 5.41) is 4.07. The first kappa shape index (κ1) is 13.8. The fraction of sp³-hybridized carbons (Fsp3) is 0.833. The Kier molecular flexibility index (Phi) is 4.64. The molecule has 1 aromatic heterocycles. The minimum absolute atomic E-state index is 0.0366. The molecule has 1 aliphatic heterocycles. The largest absolute Gasteiger partial charge is 0.368 e.